The van der Waals surface area contributed by atoms with Gasteiger partial charge in [-0.05, 0) is 44.0 Å². The van der Waals surface area contributed by atoms with Gasteiger partial charge in [0, 0.05) is 12.2 Å². The van der Waals surface area contributed by atoms with Gasteiger partial charge >= 0.3 is 0 Å². The van der Waals surface area contributed by atoms with Crippen LogP contribution in [-0.4, -0.2) is 32.2 Å². The van der Waals surface area contributed by atoms with E-state index < -0.39 is 0 Å². The summed E-state index contributed by atoms with van der Waals surface area (Å²) < 4.78 is 1.48. The first-order valence-corrected chi connectivity index (χ1v) is 10.3. The first-order valence-electron chi connectivity index (χ1n) is 9.36. The van der Waals surface area contributed by atoms with Crippen LogP contribution in [0.4, 0.5) is 0 Å². The second kappa shape index (κ2) is 9.01. The summed E-state index contributed by atoms with van der Waals surface area (Å²) in [5.41, 5.74) is 1.42. The highest BCUT2D eigenvalue weighted by molar-refractivity contribution is 7.99. The second-order valence-electron chi connectivity index (χ2n) is 6.79. The Labute approximate surface area is 168 Å². The van der Waals surface area contributed by atoms with Crippen molar-refractivity contribution in [1.29, 1.82) is 0 Å². The Hall–Kier alpha value is -2.67. The Bertz CT molecular complexity index is 1030. The number of hydrogen-bond acceptors (Lipinski definition) is 5. The molecule has 2 heterocycles. The van der Waals surface area contributed by atoms with Gasteiger partial charge in [-0.2, -0.15) is 0 Å². The summed E-state index contributed by atoms with van der Waals surface area (Å²) in [7, 11) is 0. The van der Waals surface area contributed by atoms with Gasteiger partial charge < -0.3 is 5.32 Å². The molecule has 1 aromatic carbocycles. The molecular weight excluding hydrogens is 372 g/mol. The zero-order valence-electron chi connectivity index (χ0n) is 16.3. The van der Waals surface area contributed by atoms with Crippen LogP contribution in [0.15, 0.2) is 52.5 Å². The van der Waals surface area contributed by atoms with Gasteiger partial charge in [0.2, 0.25) is 5.91 Å². The Morgan fingerprint density at radius 3 is 2.75 bits per heavy atom. The van der Waals surface area contributed by atoms with Gasteiger partial charge in [0.05, 0.1) is 16.7 Å². The third kappa shape index (κ3) is 4.59. The number of aromatic nitrogens is 3. The van der Waals surface area contributed by atoms with E-state index >= 15 is 0 Å². The molecule has 1 amide bonds. The lowest BCUT2D eigenvalue weighted by molar-refractivity contribution is -0.119. The number of carbonyl (C=O) groups excluding carboxylic acids is 1. The average Bonchev–Trinajstić information content (AvgIpc) is 2.68. The first-order chi connectivity index (χ1) is 13.5. The standard InChI is InChI=1S/C21H24N4O2S/c1-4-7-15(3)23-19(26)13-28-21-24-17-9-6-5-8-16(17)20(27)25(21)18-11-10-14(2)12-22-18/h5-6,8-12,15H,4,7,13H2,1-3H3,(H,23,26). The smallest absolute Gasteiger partial charge is 0.267 e. The fourth-order valence-corrected chi connectivity index (χ4v) is 3.77. The largest absolute Gasteiger partial charge is 0.353 e. The summed E-state index contributed by atoms with van der Waals surface area (Å²) in [5.74, 6) is 0.609. The molecule has 2 aromatic heterocycles. The Balaban J connectivity index is 1.96. The van der Waals surface area contributed by atoms with Crippen LogP contribution in [-0.2, 0) is 4.79 Å². The van der Waals surface area contributed by atoms with Crippen LogP contribution in [0.1, 0.15) is 32.3 Å². The number of thioether (sulfide) groups is 1. The summed E-state index contributed by atoms with van der Waals surface area (Å²) in [4.78, 5) is 34.4. The highest BCUT2D eigenvalue weighted by Gasteiger charge is 2.16. The van der Waals surface area contributed by atoms with Crippen molar-refractivity contribution in [3.8, 4) is 5.82 Å². The number of carbonyl (C=O) groups is 1. The summed E-state index contributed by atoms with van der Waals surface area (Å²) in [6.45, 7) is 6.02. The summed E-state index contributed by atoms with van der Waals surface area (Å²) in [6.07, 6.45) is 3.66. The molecule has 0 bridgehead atoms. The highest BCUT2D eigenvalue weighted by atomic mass is 32.2. The van der Waals surface area contributed by atoms with E-state index in [9.17, 15) is 9.59 Å². The van der Waals surface area contributed by atoms with Crippen molar-refractivity contribution in [1.82, 2.24) is 19.9 Å². The SMILES string of the molecule is CCCC(C)NC(=O)CSc1nc2ccccc2c(=O)n1-c1ccc(C)cn1. The maximum atomic E-state index is 13.1. The normalized spacial score (nSPS) is 12.1. The fourth-order valence-electron chi connectivity index (χ4n) is 2.96. The van der Waals surface area contributed by atoms with Crippen molar-refractivity contribution in [2.45, 2.75) is 44.8 Å². The molecule has 0 spiro atoms. The maximum Gasteiger partial charge on any atom is 0.267 e. The topological polar surface area (TPSA) is 76.9 Å². The van der Waals surface area contributed by atoms with E-state index in [2.05, 4.69) is 22.2 Å². The molecule has 146 valence electrons. The number of aryl methyl sites for hydroxylation is 1. The molecule has 3 rings (SSSR count). The van der Waals surface area contributed by atoms with E-state index in [4.69, 9.17) is 0 Å². The molecule has 6 nitrogen and oxygen atoms in total. The number of hydrogen-bond donors (Lipinski definition) is 1. The molecule has 0 aliphatic heterocycles. The average molecular weight is 397 g/mol. The Kier molecular flexibility index (Phi) is 6.46. The lowest BCUT2D eigenvalue weighted by Gasteiger charge is -2.14. The van der Waals surface area contributed by atoms with Gasteiger partial charge in [-0.3, -0.25) is 9.59 Å². The van der Waals surface area contributed by atoms with E-state index in [1.807, 2.05) is 32.0 Å². The predicted octanol–water partition coefficient (Wildman–Crippen LogP) is 3.49. The summed E-state index contributed by atoms with van der Waals surface area (Å²) >= 11 is 1.24. The van der Waals surface area contributed by atoms with Gasteiger partial charge in [-0.15, -0.1) is 0 Å². The quantitative estimate of drug-likeness (QED) is 0.489. The molecule has 0 radical (unpaired) electrons. The van der Waals surface area contributed by atoms with Crippen molar-refractivity contribution in [3.63, 3.8) is 0 Å². The number of para-hydroxylation sites is 1. The number of pyridine rings is 1. The molecule has 0 fully saturated rings. The molecule has 3 aromatic rings. The van der Waals surface area contributed by atoms with E-state index in [1.54, 1.807) is 24.4 Å². The van der Waals surface area contributed by atoms with Crippen LogP contribution in [0.5, 0.6) is 0 Å². The van der Waals surface area contributed by atoms with Crippen molar-refractivity contribution in [3.05, 3.63) is 58.5 Å². The van der Waals surface area contributed by atoms with Crippen molar-refractivity contribution >= 4 is 28.6 Å². The highest BCUT2D eigenvalue weighted by Crippen LogP contribution is 2.20. The Morgan fingerprint density at radius 2 is 2.04 bits per heavy atom. The molecule has 28 heavy (non-hydrogen) atoms. The minimum Gasteiger partial charge on any atom is -0.353 e. The third-order valence-corrected chi connectivity index (χ3v) is 5.27. The molecule has 1 atom stereocenters. The van der Waals surface area contributed by atoms with Crippen molar-refractivity contribution < 1.29 is 4.79 Å². The molecule has 1 N–H and O–H groups in total. The van der Waals surface area contributed by atoms with E-state index in [0.717, 1.165) is 18.4 Å². The third-order valence-electron chi connectivity index (χ3n) is 4.33. The van der Waals surface area contributed by atoms with Crippen LogP contribution in [0.3, 0.4) is 0 Å². The fraction of sp³-hybridized carbons (Fsp3) is 0.333. The minimum absolute atomic E-state index is 0.0724. The van der Waals surface area contributed by atoms with Crippen LogP contribution in [0, 0.1) is 6.92 Å². The second-order valence-corrected chi connectivity index (χ2v) is 7.73. The Morgan fingerprint density at radius 1 is 1.25 bits per heavy atom. The van der Waals surface area contributed by atoms with Gasteiger partial charge in [-0.1, -0.05) is 43.3 Å². The summed E-state index contributed by atoms with van der Waals surface area (Å²) in [6, 6.07) is 11.0. The number of amides is 1. The van der Waals surface area contributed by atoms with Crippen LogP contribution in [0.25, 0.3) is 16.7 Å². The van der Waals surface area contributed by atoms with E-state index in [1.165, 1.54) is 16.3 Å². The van der Waals surface area contributed by atoms with Gasteiger partial charge in [-0.25, -0.2) is 14.5 Å². The molecule has 1 unspecified atom stereocenters. The number of nitrogens with one attached hydrogen (secondary N) is 1. The zero-order valence-corrected chi connectivity index (χ0v) is 17.1. The monoisotopic (exact) mass is 396 g/mol. The first kappa shape index (κ1) is 20.1. The van der Waals surface area contributed by atoms with Crippen LogP contribution < -0.4 is 10.9 Å². The van der Waals surface area contributed by atoms with Crippen molar-refractivity contribution in [2.75, 3.05) is 5.75 Å². The molecule has 0 saturated carbocycles. The maximum absolute atomic E-state index is 13.1. The molecule has 0 aliphatic carbocycles. The van der Waals surface area contributed by atoms with Crippen molar-refractivity contribution in [2.24, 2.45) is 0 Å². The lowest BCUT2D eigenvalue weighted by atomic mass is 10.2. The summed E-state index contributed by atoms with van der Waals surface area (Å²) in [5, 5.41) is 3.96. The predicted molar refractivity (Wildman–Crippen MR) is 113 cm³/mol. The van der Waals surface area contributed by atoms with Crippen LogP contribution in [0.2, 0.25) is 0 Å². The number of benzene rings is 1. The lowest BCUT2D eigenvalue weighted by Crippen LogP contribution is -2.34. The van der Waals surface area contributed by atoms with E-state index in [0.29, 0.717) is 21.9 Å². The number of rotatable bonds is 7. The van der Waals surface area contributed by atoms with Gasteiger partial charge in [0.1, 0.15) is 5.82 Å². The van der Waals surface area contributed by atoms with Gasteiger partial charge in [0.15, 0.2) is 5.16 Å². The van der Waals surface area contributed by atoms with Gasteiger partial charge in [0.25, 0.3) is 5.56 Å². The number of fused-ring (bicyclic) bond motifs is 1. The van der Waals surface area contributed by atoms with E-state index in [-0.39, 0.29) is 23.3 Å². The zero-order chi connectivity index (χ0) is 20.1. The molecule has 0 aliphatic rings. The number of nitrogens with zero attached hydrogens (tertiary/aromatic N) is 3. The molecular formula is C21H24N4O2S. The molecule has 0 saturated heterocycles. The minimum atomic E-state index is -0.191. The molecule has 7 heteroatoms. The van der Waals surface area contributed by atoms with Crippen LogP contribution >= 0.6 is 11.8 Å².